The average Bonchev–Trinajstić information content (AvgIpc) is 3.35. The van der Waals surface area contributed by atoms with Crippen LogP contribution in [0.5, 0.6) is 11.5 Å². The molecule has 0 saturated heterocycles. The van der Waals surface area contributed by atoms with Gasteiger partial charge in [-0.15, -0.1) is 0 Å². The van der Waals surface area contributed by atoms with Gasteiger partial charge < -0.3 is 19.9 Å². The van der Waals surface area contributed by atoms with Gasteiger partial charge in [0.2, 0.25) is 0 Å². The molecule has 2 N–H and O–H groups in total. The standard InChI is InChI=1S/C28H24BrCl2NO4/c1-14-17(28(33)34)7-8-20-18-4-3-5-19(18)26(32-25(14)20)16-11-21(29)27(24(12-16)35-2)36-13-15-6-9-22(30)23(31)10-15/h3-4,6-12,18-19,26,32H,5,13H2,1-2H3,(H,33,34)/t18-,19-,26+/m1/s1. The molecule has 186 valence electrons. The number of methoxy groups -OCH3 is 1. The van der Waals surface area contributed by atoms with E-state index in [9.17, 15) is 9.90 Å². The van der Waals surface area contributed by atoms with Crippen molar-refractivity contribution in [2.45, 2.75) is 31.9 Å². The minimum atomic E-state index is -0.925. The number of halogens is 3. The number of allylic oxidation sites excluding steroid dienone is 2. The number of fused-ring (bicyclic) bond motifs is 3. The van der Waals surface area contributed by atoms with Crippen LogP contribution in [0.25, 0.3) is 0 Å². The van der Waals surface area contributed by atoms with Crippen LogP contribution in [0.15, 0.2) is 59.1 Å². The number of hydrogen-bond donors (Lipinski definition) is 2. The molecule has 0 saturated carbocycles. The smallest absolute Gasteiger partial charge is 0.336 e. The summed E-state index contributed by atoms with van der Waals surface area (Å²) in [6.07, 6.45) is 5.37. The van der Waals surface area contributed by atoms with E-state index in [1.807, 2.05) is 31.2 Å². The molecule has 3 atom stereocenters. The molecule has 5 nitrogen and oxygen atoms in total. The summed E-state index contributed by atoms with van der Waals surface area (Å²) < 4.78 is 12.6. The first kappa shape index (κ1) is 25.0. The highest BCUT2D eigenvalue weighted by atomic mass is 79.9. The Balaban J connectivity index is 1.48. The van der Waals surface area contributed by atoms with Gasteiger partial charge >= 0.3 is 5.97 Å². The van der Waals surface area contributed by atoms with Gasteiger partial charge in [0.05, 0.1) is 33.2 Å². The number of hydrogen-bond acceptors (Lipinski definition) is 4. The lowest BCUT2D eigenvalue weighted by Gasteiger charge is -2.39. The monoisotopic (exact) mass is 587 g/mol. The van der Waals surface area contributed by atoms with Crippen molar-refractivity contribution < 1.29 is 19.4 Å². The third kappa shape index (κ3) is 4.47. The summed E-state index contributed by atoms with van der Waals surface area (Å²) in [4.78, 5) is 11.8. The fourth-order valence-corrected chi connectivity index (χ4v) is 6.12. The predicted octanol–water partition coefficient (Wildman–Crippen LogP) is 8.18. The lowest BCUT2D eigenvalue weighted by molar-refractivity contribution is 0.0696. The summed E-state index contributed by atoms with van der Waals surface area (Å²) in [6, 6.07) is 13.0. The van der Waals surface area contributed by atoms with E-state index in [4.69, 9.17) is 32.7 Å². The largest absolute Gasteiger partial charge is 0.493 e. The second kappa shape index (κ2) is 10.0. The molecule has 0 bridgehead atoms. The molecular weight excluding hydrogens is 565 g/mol. The van der Waals surface area contributed by atoms with Crippen LogP contribution in [0.4, 0.5) is 5.69 Å². The van der Waals surface area contributed by atoms with Crippen LogP contribution < -0.4 is 14.8 Å². The highest BCUT2D eigenvalue weighted by Crippen LogP contribution is 2.52. The Morgan fingerprint density at radius 1 is 1.17 bits per heavy atom. The van der Waals surface area contributed by atoms with Gasteiger partial charge in [0.1, 0.15) is 6.61 Å². The highest BCUT2D eigenvalue weighted by molar-refractivity contribution is 9.10. The van der Waals surface area contributed by atoms with Gasteiger partial charge in [-0.3, -0.25) is 0 Å². The number of rotatable bonds is 6. The molecule has 0 fully saturated rings. The van der Waals surface area contributed by atoms with Crippen LogP contribution in [0.3, 0.4) is 0 Å². The maximum absolute atomic E-state index is 11.8. The first-order chi connectivity index (χ1) is 17.3. The molecule has 3 aromatic rings. The molecule has 1 heterocycles. The summed E-state index contributed by atoms with van der Waals surface area (Å²) in [6.45, 7) is 2.16. The van der Waals surface area contributed by atoms with Gasteiger partial charge in [-0.1, -0.05) is 47.5 Å². The Hall–Kier alpha value is -2.67. The van der Waals surface area contributed by atoms with E-state index in [-0.39, 0.29) is 12.0 Å². The fraction of sp³-hybridized carbons (Fsp3) is 0.250. The van der Waals surface area contributed by atoms with Gasteiger partial charge in [-0.05, 0) is 87.8 Å². The van der Waals surface area contributed by atoms with E-state index in [2.05, 4.69) is 33.4 Å². The molecule has 8 heteroatoms. The minimum Gasteiger partial charge on any atom is -0.493 e. The van der Waals surface area contributed by atoms with Crippen molar-refractivity contribution in [2.75, 3.05) is 12.4 Å². The van der Waals surface area contributed by atoms with Crippen LogP contribution in [0, 0.1) is 12.8 Å². The zero-order valence-corrected chi connectivity index (χ0v) is 22.7. The molecular formula is C28H24BrCl2NO4. The van der Waals surface area contributed by atoms with Crippen LogP contribution in [-0.4, -0.2) is 18.2 Å². The van der Waals surface area contributed by atoms with Crippen molar-refractivity contribution in [3.8, 4) is 11.5 Å². The molecule has 5 rings (SSSR count). The van der Waals surface area contributed by atoms with Gasteiger partial charge in [-0.25, -0.2) is 4.79 Å². The minimum absolute atomic E-state index is 0.0328. The summed E-state index contributed by atoms with van der Waals surface area (Å²) in [5.74, 6) is 0.778. The Morgan fingerprint density at radius 2 is 1.97 bits per heavy atom. The summed E-state index contributed by atoms with van der Waals surface area (Å²) in [7, 11) is 1.62. The molecule has 0 aromatic heterocycles. The van der Waals surface area contributed by atoms with Gasteiger partial charge in [-0.2, -0.15) is 0 Å². The number of carbonyl (C=O) groups is 1. The first-order valence-corrected chi connectivity index (χ1v) is 13.1. The molecule has 1 aliphatic heterocycles. The van der Waals surface area contributed by atoms with Crippen molar-refractivity contribution in [2.24, 2.45) is 5.92 Å². The Kier molecular flexibility index (Phi) is 6.95. The topological polar surface area (TPSA) is 67.8 Å². The van der Waals surface area contributed by atoms with E-state index < -0.39 is 5.97 Å². The predicted molar refractivity (Wildman–Crippen MR) is 146 cm³/mol. The molecule has 0 unspecified atom stereocenters. The second-order valence-corrected chi connectivity index (χ2v) is 10.7. The quantitative estimate of drug-likeness (QED) is 0.284. The van der Waals surface area contributed by atoms with E-state index in [0.717, 1.165) is 38.8 Å². The number of benzene rings is 3. The van der Waals surface area contributed by atoms with Crippen LogP contribution in [-0.2, 0) is 6.61 Å². The van der Waals surface area contributed by atoms with Crippen LogP contribution in [0.1, 0.15) is 51.0 Å². The normalized spacial score (nSPS) is 19.9. The molecule has 0 spiro atoms. The summed E-state index contributed by atoms with van der Waals surface area (Å²) >= 11 is 15.9. The van der Waals surface area contributed by atoms with Crippen molar-refractivity contribution in [3.63, 3.8) is 0 Å². The van der Waals surface area contributed by atoms with Crippen LogP contribution >= 0.6 is 39.1 Å². The molecule has 3 aromatic carbocycles. The zero-order chi connectivity index (χ0) is 25.6. The molecule has 0 radical (unpaired) electrons. The lowest BCUT2D eigenvalue weighted by Crippen LogP contribution is -2.30. The fourth-order valence-electron chi connectivity index (χ4n) is 5.22. The van der Waals surface area contributed by atoms with Crippen molar-refractivity contribution in [1.82, 2.24) is 0 Å². The maximum atomic E-state index is 11.8. The average molecular weight is 589 g/mol. The van der Waals surface area contributed by atoms with Gasteiger partial charge in [0.25, 0.3) is 0 Å². The number of carboxylic acids is 1. The SMILES string of the molecule is COc1cc([C@@H]2Nc3c(ccc(C(=O)O)c3C)[C@@H]3C=CC[C@H]32)cc(Br)c1OCc1ccc(Cl)c(Cl)c1. The second-order valence-electron chi connectivity index (χ2n) is 9.05. The van der Waals surface area contributed by atoms with E-state index in [1.165, 1.54) is 0 Å². The molecule has 1 aliphatic carbocycles. The van der Waals surface area contributed by atoms with E-state index >= 15 is 0 Å². The molecule has 0 amide bonds. The molecule has 2 aliphatic rings. The third-order valence-electron chi connectivity index (χ3n) is 7.01. The Bertz CT molecular complexity index is 1390. The number of carboxylic acid groups (broad SMARTS) is 1. The van der Waals surface area contributed by atoms with Crippen molar-refractivity contribution in [1.29, 1.82) is 0 Å². The van der Waals surface area contributed by atoms with Gasteiger partial charge in [0, 0.05) is 11.6 Å². The summed E-state index contributed by atoms with van der Waals surface area (Å²) in [5.41, 5.74) is 5.01. The van der Waals surface area contributed by atoms with Crippen molar-refractivity contribution in [3.05, 3.63) is 97.0 Å². The zero-order valence-electron chi connectivity index (χ0n) is 19.6. The number of ether oxygens (including phenoxy) is 2. The highest BCUT2D eigenvalue weighted by Gasteiger charge is 2.39. The Morgan fingerprint density at radius 3 is 2.69 bits per heavy atom. The molecule has 36 heavy (non-hydrogen) atoms. The van der Waals surface area contributed by atoms with E-state index in [1.54, 1.807) is 25.3 Å². The number of aromatic carboxylic acids is 1. The number of anilines is 1. The lowest BCUT2D eigenvalue weighted by atomic mass is 9.76. The van der Waals surface area contributed by atoms with Crippen LogP contribution in [0.2, 0.25) is 10.0 Å². The van der Waals surface area contributed by atoms with E-state index in [0.29, 0.717) is 39.6 Å². The maximum Gasteiger partial charge on any atom is 0.336 e. The number of nitrogens with one attached hydrogen (secondary N) is 1. The summed E-state index contributed by atoms with van der Waals surface area (Å²) in [5, 5.41) is 14.3. The van der Waals surface area contributed by atoms with Crippen molar-refractivity contribution >= 4 is 50.8 Å². The third-order valence-corrected chi connectivity index (χ3v) is 8.33. The Labute approximate surface area is 228 Å². The first-order valence-electron chi connectivity index (χ1n) is 11.5. The van der Waals surface area contributed by atoms with Gasteiger partial charge in [0.15, 0.2) is 11.5 Å².